The second-order valence-electron chi connectivity index (χ2n) is 6.76. The number of ether oxygens (including phenoxy) is 1. The molecule has 30 heavy (non-hydrogen) atoms. The molecule has 152 valence electrons. The third-order valence-electron chi connectivity index (χ3n) is 4.81. The largest absolute Gasteiger partial charge is 0.497 e. The van der Waals surface area contributed by atoms with Gasteiger partial charge >= 0.3 is 5.97 Å². The van der Waals surface area contributed by atoms with Crippen LogP contribution in [0.25, 0.3) is 11.5 Å². The van der Waals surface area contributed by atoms with Gasteiger partial charge in [0.2, 0.25) is 0 Å². The van der Waals surface area contributed by atoms with Crippen molar-refractivity contribution in [1.82, 2.24) is 19.7 Å². The van der Waals surface area contributed by atoms with Crippen molar-refractivity contribution in [2.75, 3.05) is 7.11 Å². The van der Waals surface area contributed by atoms with Crippen molar-refractivity contribution in [1.29, 1.82) is 0 Å². The fourth-order valence-electron chi connectivity index (χ4n) is 3.37. The van der Waals surface area contributed by atoms with E-state index in [1.165, 1.54) is 6.20 Å². The molecule has 7 heteroatoms. The summed E-state index contributed by atoms with van der Waals surface area (Å²) in [5.74, 6) is 0.295. The molecule has 2 aromatic heterocycles. The lowest BCUT2D eigenvalue weighted by atomic mass is 10.2. The standard InChI is InChI=1S/C23H22N4O3/c1-30-20-11-5-7-17(13-20)14-24-15-19-10-6-12-26(19)22-21(23(28)29)16-25-27(22)18-8-3-2-4-9-18/h2-13,16,24H,14-15H2,1H3,(H,28,29). The van der Waals surface area contributed by atoms with E-state index in [0.29, 0.717) is 18.9 Å². The van der Waals surface area contributed by atoms with Gasteiger partial charge < -0.3 is 19.7 Å². The lowest BCUT2D eigenvalue weighted by Crippen LogP contribution is -2.17. The average molecular weight is 402 g/mol. The highest BCUT2D eigenvalue weighted by Crippen LogP contribution is 2.22. The molecule has 0 aliphatic carbocycles. The lowest BCUT2D eigenvalue weighted by Gasteiger charge is -2.14. The van der Waals surface area contributed by atoms with Crippen molar-refractivity contribution >= 4 is 5.97 Å². The Balaban J connectivity index is 1.61. The summed E-state index contributed by atoms with van der Waals surface area (Å²) < 4.78 is 8.78. The second-order valence-corrected chi connectivity index (χ2v) is 6.76. The summed E-state index contributed by atoms with van der Waals surface area (Å²) >= 11 is 0. The molecular formula is C23H22N4O3. The number of para-hydroxylation sites is 1. The van der Waals surface area contributed by atoms with Gasteiger partial charge in [0, 0.05) is 25.0 Å². The maximum atomic E-state index is 11.8. The summed E-state index contributed by atoms with van der Waals surface area (Å²) in [6.45, 7) is 1.22. The molecule has 2 N–H and O–H groups in total. The Kier molecular flexibility index (Phi) is 5.63. The second kappa shape index (κ2) is 8.67. The van der Waals surface area contributed by atoms with E-state index in [1.807, 2.05) is 77.5 Å². The monoisotopic (exact) mass is 402 g/mol. The van der Waals surface area contributed by atoms with Crippen LogP contribution < -0.4 is 10.1 Å². The number of hydrogen-bond acceptors (Lipinski definition) is 4. The summed E-state index contributed by atoms with van der Waals surface area (Å²) in [5.41, 5.74) is 2.97. The molecule has 0 aliphatic rings. The van der Waals surface area contributed by atoms with E-state index >= 15 is 0 Å². The van der Waals surface area contributed by atoms with Gasteiger partial charge in [0.1, 0.15) is 11.3 Å². The first-order valence-electron chi connectivity index (χ1n) is 9.54. The molecule has 0 bridgehead atoms. The van der Waals surface area contributed by atoms with Gasteiger partial charge in [-0.05, 0) is 42.0 Å². The molecule has 0 fully saturated rings. The predicted molar refractivity (Wildman–Crippen MR) is 113 cm³/mol. The van der Waals surface area contributed by atoms with Crippen LogP contribution in [0.15, 0.2) is 79.1 Å². The first-order chi connectivity index (χ1) is 14.7. The molecule has 4 aromatic rings. The van der Waals surface area contributed by atoms with Gasteiger partial charge in [-0.1, -0.05) is 30.3 Å². The molecular weight excluding hydrogens is 380 g/mol. The van der Waals surface area contributed by atoms with Crippen molar-refractivity contribution in [2.45, 2.75) is 13.1 Å². The van der Waals surface area contributed by atoms with Gasteiger partial charge in [-0.25, -0.2) is 9.48 Å². The minimum absolute atomic E-state index is 0.143. The van der Waals surface area contributed by atoms with Crippen LogP contribution in [0.3, 0.4) is 0 Å². The molecule has 0 atom stereocenters. The van der Waals surface area contributed by atoms with Crippen LogP contribution in [-0.4, -0.2) is 32.5 Å². The molecule has 0 saturated carbocycles. The van der Waals surface area contributed by atoms with Crippen molar-refractivity contribution in [3.8, 4) is 17.3 Å². The van der Waals surface area contributed by atoms with Crippen LogP contribution in [0.1, 0.15) is 21.6 Å². The van der Waals surface area contributed by atoms with Crippen LogP contribution >= 0.6 is 0 Å². The van der Waals surface area contributed by atoms with Crippen molar-refractivity contribution in [3.63, 3.8) is 0 Å². The maximum Gasteiger partial charge on any atom is 0.341 e. The molecule has 2 aromatic carbocycles. The molecule has 0 unspecified atom stereocenters. The van der Waals surface area contributed by atoms with Gasteiger partial charge in [-0.2, -0.15) is 5.10 Å². The lowest BCUT2D eigenvalue weighted by molar-refractivity contribution is 0.0697. The summed E-state index contributed by atoms with van der Waals surface area (Å²) in [7, 11) is 1.65. The van der Waals surface area contributed by atoms with E-state index in [2.05, 4.69) is 10.4 Å². The van der Waals surface area contributed by atoms with E-state index in [9.17, 15) is 9.90 Å². The van der Waals surface area contributed by atoms with E-state index in [4.69, 9.17) is 4.74 Å². The Hall–Kier alpha value is -3.84. The SMILES string of the molecule is COc1cccc(CNCc2cccn2-c2c(C(=O)O)cnn2-c2ccccc2)c1. The van der Waals surface area contributed by atoms with Crippen LogP contribution in [0, 0.1) is 0 Å². The van der Waals surface area contributed by atoms with Gasteiger partial charge in [-0.15, -0.1) is 0 Å². The quantitative estimate of drug-likeness (QED) is 0.470. The number of aromatic carboxylic acids is 1. The van der Waals surface area contributed by atoms with Crippen LogP contribution in [0.2, 0.25) is 0 Å². The Labute approximate surface area is 174 Å². The zero-order chi connectivity index (χ0) is 20.9. The fourth-order valence-corrected chi connectivity index (χ4v) is 3.37. The van der Waals surface area contributed by atoms with E-state index in [1.54, 1.807) is 11.8 Å². The zero-order valence-electron chi connectivity index (χ0n) is 16.5. The molecule has 0 spiro atoms. The van der Waals surface area contributed by atoms with E-state index < -0.39 is 5.97 Å². The number of aromatic nitrogens is 3. The maximum absolute atomic E-state index is 11.8. The van der Waals surface area contributed by atoms with E-state index in [-0.39, 0.29) is 5.56 Å². The van der Waals surface area contributed by atoms with Crippen LogP contribution in [0.5, 0.6) is 5.75 Å². The highest BCUT2D eigenvalue weighted by Gasteiger charge is 2.20. The predicted octanol–water partition coefficient (Wildman–Crippen LogP) is 3.66. The minimum atomic E-state index is -1.02. The third kappa shape index (κ3) is 3.97. The van der Waals surface area contributed by atoms with Gasteiger partial charge in [0.05, 0.1) is 19.0 Å². The molecule has 2 heterocycles. The number of benzene rings is 2. The number of rotatable bonds is 8. The summed E-state index contributed by atoms with van der Waals surface area (Å²) in [6.07, 6.45) is 3.24. The Morgan fingerprint density at radius 1 is 1.07 bits per heavy atom. The molecule has 0 aliphatic heterocycles. The topological polar surface area (TPSA) is 81.3 Å². The highest BCUT2D eigenvalue weighted by atomic mass is 16.5. The molecule has 0 saturated heterocycles. The van der Waals surface area contributed by atoms with Crippen molar-refractivity contribution in [3.05, 3.63) is 95.9 Å². The highest BCUT2D eigenvalue weighted by molar-refractivity contribution is 5.91. The number of carbonyl (C=O) groups is 1. The van der Waals surface area contributed by atoms with Crippen molar-refractivity contribution in [2.24, 2.45) is 0 Å². The summed E-state index contributed by atoms with van der Waals surface area (Å²) in [5, 5.41) is 17.4. The van der Waals surface area contributed by atoms with Crippen LogP contribution in [0.4, 0.5) is 0 Å². The first-order valence-corrected chi connectivity index (χ1v) is 9.54. The van der Waals surface area contributed by atoms with Crippen LogP contribution in [-0.2, 0) is 13.1 Å². The fraction of sp³-hybridized carbons (Fsp3) is 0.130. The molecule has 7 nitrogen and oxygen atoms in total. The van der Waals surface area contributed by atoms with E-state index in [0.717, 1.165) is 22.7 Å². The Morgan fingerprint density at radius 2 is 1.90 bits per heavy atom. The molecule has 0 amide bonds. The number of methoxy groups -OCH3 is 1. The third-order valence-corrected chi connectivity index (χ3v) is 4.81. The number of carboxylic acids is 1. The smallest absolute Gasteiger partial charge is 0.341 e. The van der Waals surface area contributed by atoms with Gasteiger partial charge in [0.25, 0.3) is 0 Å². The molecule has 0 radical (unpaired) electrons. The Bertz CT molecular complexity index is 1150. The first kappa shape index (κ1) is 19.5. The normalized spacial score (nSPS) is 10.8. The molecule has 4 rings (SSSR count). The minimum Gasteiger partial charge on any atom is -0.497 e. The van der Waals surface area contributed by atoms with Gasteiger partial charge in [-0.3, -0.25) is 0 Å². The Morgan fingerprint density at radius 3 is 2.67 bits per heavy atom. The average Bonchev–Trinajstić information content (AvgIpc) is 3.41. The number of nitrogens with one attached hydrogen (secondary N) is 1. The van der Waals surface area contributed by atoms with Crippen molar-refractivity contribution < 1.29 is 14.6 Å². The number of nitrogens with zero attached hydrogens (tertiary/aromatic N) is 3. The zero-order valence-corrected chi connectivity index (χ0v) is 16.5. The number of carboxylic acid groups (broad SMARTS) is 1. The van der Waals surface area contributed by atoms with Gasteiger partial charge in [0.15, 0.2) is 5.82 Å². The summed E-state index contributed by atoms with van der Waals surface area (Å²) in [4.78, 5) is 11.8. The number of hydrogen-bond donors (Lipinski definition) is 2. The summed E-state index contributed by atoms with van der Waals surface area (Å²) in [6, 6.07) is 21.2.